The Balaban J connectivity index is 1.77. The quantitative estimate of drug-likeness (QED) is 0.778. The Kier molecular flexibility index (Phi) is 3.82. The largest absolute Gasteiger partial charge is 0.494 e. The molecule has 1 aromatic heterocycles. The van der Waals surface area contributed by atoms with E-state index in [0.717, 1.165) is 17.1 Å². The molecule has 0 unspecified atom stereocenters. The van der Waals surface area contributed by atoms with Gasteiger partial charge in [0.1, 0.15) is 12.1 Å². The molecule has 5 heteroatoms. The van der Waals surface area contributed by atoms with Gasteiger partial charge in [-0.25, -0.2) is 4.68 Å². The lowest BCUT2D eigenvalue weighted by Crippen LogP contribution is -1.97. The molecule has 106 valence electrons. The second-order valence-electron chi connectivity index (χ2n) is 4.43. The third-order valence-electron chi connectivity index (χ3n) is 2.91. The number of aromatic nitrogens is 3. The summed E-state index contributed by atoms with van der Waals surface area (Å²) in [5.41, 5.74) is 1.87. The van der Waals surface area contributed by atoms with Crippen LogP contribution in [0.3, 0.4) is 0 Å². The number of rotatable bonds is 5. The van der Waals surface area contributed by atoms with Crippen LogP contribution in [0.1, 0.15) is 6.92 Å². The van der Waals surface area contributed by atoms with Crippen molar-refractivity contribution in [2.75, 3.05) is 11.9 Å². The first-order valence-corrected chi connectivity index (χ1v) is 6.82. The number of ether oxygens (including phenoxy) is 1. The first-order chi connectivity index (χ1) is 10.3. The van der Waals surface area contributed by atoms with Crippen molar-refractivity contribution in [1.82, 2.24) is 14.8 Å². The number of anilines is 2. The average molecular weight is 280 g/mol. The summed E-state index contributed by atoms with van der Waals surface area (Å²) in [4.78, 5) is 4.26. The van der Waals surface area contributed by atoms with Crippen LogP contribution in [0.4, 0.5) is 11.6 Å². The van der Waals surface area contributed by atoms with Crippen LogP contribution in [0.2, 0.25) is 0 Å². The van der Waals surface area contributed by atoms with Crippen molar-refractivity contribution in [3.63, 3.8) is 0 Å². The summed E-state index contributed by atoms with van der Waals surface area (Å²) in [5.74, 6) is 1.37. The van der Waals surface area contributed by atoms with Crippen molar-refractivity contribution >= 4 is 11.6 Å². The number of benzene rings is 2. The number of nitrogens with zero attached hydrogens (tertiary/aromatic N) is 3. The zero-order valence-electron chi connectivity index (χ0n) is 11.7. The molecule has 0 fully saturated rings. The van der Waals surface area contributed by atoms with Crippen LogP contribution in [0.5, 0.6) is 5.75 Å². The van der Waals surface area contributed by atoms with Gasteiger partial charge in [-0.2, -0.15) is 4.98 Å². The lowest BCUT2D eigenvalue weighted by atomic mass is 10.3. The maximum Gasteiger partial charge on any atom is 0.246 e. The van der Waals surface area contributed by atoms with Crippen LogP contribution in [-0.2, 0) is 0 Å². The Morgan fingerprint density at radius 3 is 2.76 bits per heavy atom. The molecule has 0 radical (unpaired) electrons. The molecular weight excluding hydrogens is 264 g/mol. The summed E-state index contributed by atoms with van der Waals surface area (Å²) < 4.78 is 7.20. The predicted octanol–water partition coefficient (Wildman–Crippen LogP) is 3.41. The van der Waals surface area contributed by atoms with Crippen molar-refractivity contribution in [3.05, 3.63) is 60.9 Å². The zero-order valence-corrected chi connectivity index (χ0v) is 11.7. The summed E-state index contributed by atoms with van der Waals surface area (Å²) >= 11 is 0. The Hall–Kier alpha value is -2.82. The lowest BCUT2D eigenvalue weighted by molar-refractivity contribution is 0.340. The molecule has 1 heterocycles. The number of para-hydroxylation sites is 1. The Morgan fingerprint density at radius 2 is 1.95 bits per heavy atom. The molecule has 0 aliphatic carbocycles. The highest BCUT2D eigenvalue weighted by molar-refractivity contribution is 5.55. The van der Waals surface area contributed by atoms with Gasteiger partial charge in [-0.1, -0.05) is 24.3 Å². The van der Waals surface area contributed by atoms with Gasteiger partial charge in [0.05, 0.1) is 12.3 Å². The van der Waals surface area contributed by atoms with Crippen molar-refractivity contribution < 1.29 is 4.74 Å². The summed E-state index contributed by atoms with van der Waals surface area (Å²) in [6.07, 6.45) is 1.68. The van der Waals surface area contributed by atoms with Crippen LogP contribution >= 0.6 is 0 Å². The van der Waals surface area contributed by atoms with Crippen molar-refractivity contribution in [1.29, 1.82) is 0 Å². The van der Waals surface area contributed by atoms with Crippen molar-refractivity contribution in [3.8, 4) is 11.4 Å². The molecule has 0 aliphatic heterocycles. The molecule has 3 aromatic rings. The normalized spacial score (nSPS) is 10.3. The fourth-order valence-corrected chi connectivity index (χ4v) is 1.98. The van der Waals surface area contributed by atoms with Crippen LogP contribution in [0, 0.1) is 0 Å². The van der Waals surface area contributed by atoms with E-state index in [1.54, 1.807) is 11.0 Å². The van der Waals surface area contributed by atoms with Gasteiger partial charge in [0.25, 0.3) is 0 Å². The fraction of sp³-hybridized carbons (Fsp3) is 0.125. The summed E-state index contributed by atoms with van der Waals surface area (Å²) in [5, 5.41) is 7.57. The Bertz CT molecular complexity index is 709. The van der Waals surface area contributed by atoms with E-state index in [1.807, 2.05) is 61.5 Å². The number of nitrogens with one attached hydrogen (secondary N) is 1. The molecule has 2 aromatic carbocycles. The van der Waals surface area contributed by atoms with E-state index in [4.69, 9.17) is 4.74 Å². The molecule has 5 nitrogen and oxygen atoms in total. The molecule has 0 spiro atoms. The molecular formula is C16H16N4O. The molecule has 1 N–H and O–H groups in total. The second-order valence-corrected chi connectivity index (χ2v) is 4.43. The third kappa shape index (κ3) is 3.20. The van der Waals surface area contributed by atoms with Crippen LogP contribution < -0.4 is 10.1 Å². The molecule has 3 rings (SSSR count). The van der Waals surface area contributed by atoms with Crippen LogP contribution in [-0.4, -0.2) is 21.4 Å². The molecule has 0 saturated carbocycles. The van der Waals surface area contributed by atoms with E-state index < -0.39 is 0 Å². The van der Waals surface area contributed by atoms with Gasteiger partial charge in [-0.15, -0.1) is 5.10 Å². The summed E-state index contributed by atoms with van der Waals surface area (Å²) in [7, 11) is 0. The predicted molar refractivity (Wildman–Crippen MR) is 82.3 cm³/mol. The third-order valence-corrected chi connectivity index (χ3v) is 2.91. The first kappa shape index (κ1) is 13.2. The minimum absolute atomic E-state index is 0.549. The summed E-state index contributed by atoms with van der Waals surface area (Å²) in [6.45, 7) is 2.60. The molecule has 21 heavy (non-hydrogen) atoms. The fourth-order valence-electron chi connectivity index (χ4n) is 1.98. The maximum atomic E-state index is 5.47. The molecule has 0 aliphatic rings. The van der Waals surface area contributed by atoms with E-state index in [0.29, 0.717) is 12.6 Å². The highest BCUT2D eigenvalue weighted by atomic mass is 16.5. The average Bonchev–Trinajstić information content (AvgIpc) is 2.97. The highest BCUT2D eigenvalue weighted by Gasteiger charge is 2.03. The molecule has 0 saturated heterocycles. The maximum absolute atomic E-state index is 5.47. The highest BCUT2D eigenvalue weighted by Crippen LogP contribution is 2.20. The van der Waals surface area contributed by atoms with E-state index in [-0.39, 0.29) is 0 Å². The smallest absolute Gasteiger partial charge is 0.246 e. The first-order valence-electron chi connectivity index (χ1n) is 6.82. The molecule has 0 bridgehead atoms. The van der Waals surface area contributed by atoms with Crippen molar-refractivity contribution in [2.24, 2.45) is 0 Å². The van der Waals surface area contributed by atoms with E-state index >= 15 is 0 Å². The molecule has 0 amide bonds. The molecule has 0 atom stereocenters. The van der Waals surface area contributed by atoms with Crippen LogP contribution in [0.15, 0.2) is 60.9 Å². The van der Waals surface area contributed by atoms with E-state index in [2.05, 4.69) is 15.4 Å². The van der Waals surface area contributed by atoms with Gasteiger partial charge in [-0.3, -0.25) is 0 Å². The van der Waals surface area contributed by atoms with Gasteiger partial charge in [0.2, 0.25) is 5.95 Å². The second kappa shape index (κ2) is 6.09. The Morgan fingerprint density at radius 1 is 1.10 bits per heavy atom. The minimum atomic E-state index is 0.549. The SMILES string of the molecule is CCOc1cccc(Nc2ncn(-c3ccccc3)n2)c1. The Labute approximate surface area is 123 Å². The van der Waals surface area contributed by atoms with Gasteiger partial charge < -0.3 is 10.1 Å². The van der Waals surface area contributed by atoms with Crippen LogP contribution in [0.25, 0.3) is 5.69 Å². The van der Waals surface area contributed by atoms with Gasteiger partial charge in [-0.05, 0) is 31.2 Å². The van der Waals surface area contributed by atoms with Gasteiger partial charge in [0.15, 0.2) is 0 Å². The van der Waals surface area contributed by atoms with E-state index in [1.165, 1.54) is 0 Å². The standard InChI is InChI=1S/C16H16N4O/c1-2-21-15-10-6-7-13(11-15)18-16-17-12-20(19-16)14-8-4-3-5-9-14/h3-12H,2H2,1H3,(H,18,19). The summed E-state index contributed by atoms with van der Waals surface area (Å²) in [6, 6.07) is 17.6. The van der Waals surface area contributed by atoms with Gasteiger partial charge in [0, 0.05) is 11.8 Å². The topological polar surface area (TPSA) is 52.0 Å². The monoisotopic (exact) mass is 280 g/mol. The van der Waals surface area contributed by atoms with Crippen molar-refractivity contribution in [2.45, 2.75) is 6.92 Å². The minimum Gasteiger partial charge on any atom is -0.494 e. The lowest BCUT2D eigenvalue weighted by Gasteiger charge is -2.06. The zero-order chi connectivity index (χ0) is 14.5. The number of hydrogen-bond acceptors (Lipinski definition) is 4. The van der Waals surface area contributed by atoms with E-state index in [9.17, 15) is 0 Å². The van der Waals surface area contributed by atoms with Gasteiger partial charge >= 0.3 is 0 Å². The number of hydrogen-bond donors (Lipinski definition) is 1.